The van der Waals surface area contributed by atoms with Crippen LogP contribution < -0.4 is 9.62 Å². The third-order valence-electron chi connectivity index (χ3n) is 4.94. The van der Waals surface area contributed by atoms with Crippen LogP contribution in [0.3, 0.4) is 0 Å². The first kappa shape index (κ1) is 25.8. The molecule has 0 unspecified atom stereocenters. The fraction of sp³-hybridized carbons (Fsp3) is 0.364. The van der Waals surface area contributed by atoms with Gasteiger partial charge in [0, 0.05) is 25.2 Å². The molecule has 33 heavy (non-hydrogen) atoms. The van der Waals surface area contributed by atoms with Crippen LogP contribution in [0.2, 0.25) is 0 Å². The van der Waals surface area contributed by atoms with Gasteiger partial charge in [0.2, 0.25) is 21.8 Å². The van der Waals surface area contributed by atoms with Crippen molar-refractivity contribution in [1.82, 2.24) is 10.2 Å². The predicted octanol–water partition coefficient (Wildman–Crippen LogP) is 2.30. The topological polar surface area (TPSA) is 130 Å². The van der Waals surface area contributed by atoms with Crippen LogP contribution in [0.15, 0.2) is 54.6 Å². The number of likely N-dealkylation sites (N-methyl/N-ethyl adjacent to an activating group) is 1. The molecule has 2 rings (SSSR count). The molecule has 0 bridgehead atoms. The number of non-ortho nitro benzene ring substituents is 1. The summed E-state index contributed by atoms with van der Waals surface area (Å²) in [6.07, 6.45) is 1.24. The maximum absolute atomic E-state index is 13.4. The van der Waals surface area contributed by atoms with Crippen LogP contribution in [0.25, 0.3) is 0 Å². The van der Waals surface area contributed by atoms with E-state index in [0.717, 1.165) is 22.2 Å². The van der Waals surface area contributed by atoms with Gasteiger partial charge >= 0.3 is 0 Å². The lowest BCUT2D eigenvalue weighted by Gasteiger charge is -2.32. The van der Waals surface area contributed by atoms with Gasteiger partial charge in [0.25, 0.3) is 5.69 Å². The van der Waals surface area contributed by atoms with Crippen LogP contribution in [0, 0.1) is 10.1 Å². The van der Waals surface area contributed by atoms with Gasteiger partial charge in [0.15, 0.2) is 0 Å². The molecule has 0 saturated heterocycles. The highest BCUT2D eigenvalue weighted by atomic mass is 32.2. The molecule has 0 aliphatic heterocycles. The van der Waals surface area contributed by atoms with Crippen molar-refractivity contribution in [2.45, 2.75) is 32.9 Å². The second-order valence-electron chi connectivity index (χ2n) is 7.37. The van der Waals surface area contributed by atoms with Crippen molar-refractivity contribution >= 4 is 33.2 Å². The van der Waals surface area contributed by atoms with Gasteiger partial charge < -0.3 is 10.2 Å². The number of hydrogen-bond donors (Lipinski definition) is 1. The van der Waals surface area contributed by atoms with E-state index in [-0.39, 0.29) is 23.8 Å². The first-order chi connectivity index (χ1) is 15.6. The van der Waals surface area contributed by atoms with Gasteiger partial charge in [-0.05, 0) is 25.0 Å². The van der Waals surface area contributed by atoms with Crippen molar-refractivity contribution in [3.63, 3.8) is 0 Å². The Morgan fingerprint density at radius 2 is 1.76 bits per heavy atom. The molecule has 0 spiro atoms. The second-order valence-corrected chi connectivity index (χ2v) is 9.28. The molecular formula is C22H28N4O6S. The molecule has 11 heteroatoms. The highest BCUT2D eigenvalue weighted by Gasteiger charge is 2.31. The van der Waals surface area contributed by atoms with Crippen molar-refractivity contribution in [2.24, 2.45) is 0 Å². The minimum Gasteiger partial charge on any atom is -0.355 e. The normalized spacial score (nSPS) is 12.0. The summed E-state index contributed by atoms with van der Waals surface area (Å²) in [7, 11) is -3.96. The lowest BCUT2D eigenvalue weighted by molar-refractivity contribution is -0.384. The van der Waals surface area contributed by atoms with Gasteiger partial charge in [-0.1, -0.05) is 43.3 Å². The SMILES string of the molecule is CCNC(=O)[C@@H](CC)N(Cc1ccccc1)C(=O)CN(c1cccc([N+](=O)[O-])c1)S(C)(=O)=O. The van der Waals surface area contributed by atoms with Crippen molar-refractivity contribution < 1.29 is 22.9 Å². The lowest BCUT2D eigenvalue weighted by Crippen LogP contribution is -2.52. The van der Waals surface area contributed by atoms with E-state index in [9.17, 15) is 28.1 Å². The van der Waals surface area contributed by atoms with Crippen LogP contribution in [0.4, 0.5) is 11.4 Å². The number of nitro groups is 1. The van der Waals surface area contributed by atoms with Crippen molar-refractivity contribution in [1.29, 1.82) is 0 Å². The summed E-state index contributed by atoms with van der Waals surface area (Å²) in [5.74, 6) is -0.945. The molecule has 2 aromatic carbocycles. The second kappa shape index (κ2) is 11.4. The number of amides is 2. The lowest BCUT2D eigenvalue weighted by atomic mass is 10.1. The van der Waals surface area contributed by atoms with Crippen LogP contribution >= 0.6 is 0 Å². The van der Waals surface area contributed by atoms with E-state index in [1.165, 1.54) is 23.1 Å². The molecule has 10 nitrogen and oxygen atoms in total. The Morgan fingerprint density at radius 1 is 1.09 bits per heavy atom. The average molecular weight is 477 g/mol. The summed E-state index contributed by atoms with van der Waals surface area (Å²) in [4.78, 5) is 37.9. The Balaban J connectivity index is 2.44. The minimum absolute atomic E-state index is 0.00855. The highest BCUT2D eigenvalue weighted by Crippen LogP contribution is 2.24. The zero-order valence-corrected chi connectivity index (χ0v) is 19.6. The summed E-state index contributed by atoms with van der Waals surface area (Å²) in [6.45, 7) is 3.40. The number of nitrogens with zero attached hydrogens (tertiary/aromatic N) is 3. The predicted molar refractivity (Wildman–Crippen MR) is 125 cm³/mol. The number of benzene rings is 2. The van der Waals surface area contributed by atoms with E-state index in [4.69, 9.17) is 0 Å². The molecule has 0 aromatic heterocycles. The van der Waals surface area contributed by atoms with Gasteiger partial charge in [-0.15, -0.1) is 0 Å². The zero-order valence-electron chi connectivity index (χ0n) is 18.8. The van der Waals surface area contributed by atoms with E-state index < -0.39 is 33.4 Å². The summed E-state index contributed by atoms with van der Waals surface area (Å²) in [6, 6.07) is 13.3. The summed E-state index contributed by atoms with van der Waals surface area (Å²) >= 11 is 0. The van der Waals surface area contributed by atoms with Crippen LogP contribution in [0.5, 0.6) is 0 Å². The number of nitrogens with one attached hydrogen (secondary N) is 1. The van der Waals surface area contributed by atoms with E-state index in [1.54, 1.807) is 38.1 Å². The molecule has 2 aromatic rings. The van der Waals surface area contributed by atoms with Crippen molar-refractivity contribution in [3.8, 4) is 0 Å². The number of nitro benzene ring substituents is 1. The molecular weight excluding hydrogens is 448 g/mol. The first-order valence-corrected chi connectivity index (χ1v) is 12.3. The Labute approximate surface area is 193 Å². The number of carbonyl (C=O) groups excluding carboxylic acids is 2. The average Bonchev–Trinajstić information content (AvgIpc) is 2.77. The smallest absolute Gasteiger partial charge is 0.271 e. The van der Waals surface area contributed by atoms with Gasteiger partial charge in [-0.25, -0.2) is 8.42 Å². The summed E-state index contributed by atoms with van der Waals surface area (Å²) in [5.41, 5.74) is 0.462. The molecule has 0 heterocycles. The van der Waals surface area contributed by atoms with Crippen LogP contribution in [0.1, 0.15) is 25.8 Å². The zero-order chi connectivity index (χ0) is 24.6. The molecule has 2 amide bonds. The van der Waals surface area contributed by atoms with Crippen LogP contribution in [-0.4, -0.2) is 55.4 Å². The molecule has 1 N–H and O–H groups in total. The maximum atomic E-state index is 13.4. The third kappa shape index (κ3) is 7.01. The Hall–Kier alpha value is -3.47. The highest BCUT2D eigenvalue weighted by molar-refractivity contribution is 7.92. The fourth-order valence-corrected chi connectivity index (χ4v) is 4.21. The summed E-state index contributed by atoms with van der Waals surface area (Å²) in [5, 5.41) is 13.9. The van der Waals surface area contributed by atoms with Crippen molar-refractivity contribution in [2.75, 3.05) is 23.7 Å². The molecule has 0 aliphatic carbocycles. The molecule has 0 aliphatic rings. The minimum atomic E-state index is -3.96. The molecule has 1 atom stereocenters. The van der Waals surface area contributed by atoms with Gasteiger partial charge in [-0.3, -0.25) is 24.0 Å². The Morgan fingerprint density at radius 3 is 2.30 bits per heavy atom. The first-order valence-electron chi connectivity index (χ1n) is 10.4. The quantitative estimate of drug-likeness (QED) is 0.391. The fourth-order valence-electron chi connectivity index (χ4n) is 3.37. The Kier molecular flexibility index (Phi) is 8.92. The molecule has 0 saturated carbocycles. The van der Waals surface area contributed by atoms with E-state index >= 15 is 0 Å². The maximum Gasteiger partial charge on any atom is 0.271 e. The van der Waals surface area contributed by atoms with E-state index in [2.05, 4.69) is 5.32 Å². The monoisotopic (exact) mass is 476 g/mol. The van der Waals surface area contributed by atoms with Crippen LogP contribution in [-0.2, 0) is 26.2 Å². The number of hydrogen-bond acceptors (Lipinski definition) is 6. The van der Waals surface area contributed by atoms with Crippen molar-refractivity contribution in [3.05, 3.63) is 70.3 Å². The molecule has 0 radical (unpaired) electrons. The largest absolute Gasteiger partial charge is 0.355 e. The summed E-state index contributed by atoms with van der Waals surface area (Å²) < 4.78 is 25.8. The standard InChI is InChI=1S/C22H28N4O6S/c1-4-20(22(28)23-5-2)24(15-17-10-7-6-8-11-17)21(27)16-25(33(3,31)32)18-12-9-13-19(14-18)26(29)30/h6-14,20H,4-5,15-16H2,1-3H3,(H,23,28)/t20-/m1/s1. The Bertz CT molecular complexity index is 1090. The van der Waals surface area contributed by atoms with Gasteiger partial charge in [-0.2, -0.15) is 0 Å². The van der Waals surface area contributed by atoms with Gasteiger partial charge in [0.05, 0.1) is 16.9 Å². The van der Waals surface area contributed by atoms with E-state index in [1.807, 2.05) is 6.07 Å². The number of sulfonamides is 1. The number of rotatable bonds is 11. The number of anilines is 1. The third-order valence-corrected chi connectivity index (χ3v) is 6.08. The van der Waals surface area contributed by atoms with E-state index in [0.29, 0.717) is 13.0 Å². The molecule has 178 valence electrons. The molecule has 0 fully saturated rings. The number of carbonyl (C=O) groups is 2. The van der Waals surface area contributed by atoms with Gasteiger partial charge in [0.1, 0.15) is 12.6 Å².